The first-order valence-corrected chi connectivity index (χ1v) is 5.85. The molecule has 0 aliphatic heterocycles. The maximum atomic E-state index is 11.7. The number of nitrogen functional groups attached to an aromatic ring is 1. The second kappa shape index (κ2) is 6.86. The fraction of sp³-hybridized carbons (Fsp3) is 0.333. The Balaban J connectivity index is 2.46. The maximum absolute atomic E-state index is 11.7. The summed E-state index contributed by atoms with van der Waals surface area (Å²) in [5, 5.41) is 2.78. The molecule has 18 heavy (non-hydrogen) atoms. The molecule has 0 spiro atoms. The highest BCUT2D eigenvalue weighted by molar-refractivity contribution is 6.33. The van der Waals surface area contributed by atoms with Crippen LogP contribution in [0, 0.1) is 0 Å². The van der Waals surface area contributed by atoms with Gasteiger partial charge in [-0.05, 0) is 24.6 Å². The molecule has 1 aromatic rings. The van der Waals surface area contributed by atoms with Crippen LogP contribution in [0.4, 0.5) is 5.69 Å². The lowest BCUT2D eigenvalue weighted by Crippen LogP contribution is -2.18. The van der Waals surface area contributed by atoms with Gasteiger partial charge in [-0.2, -0.15) is 0 Å². The van der Waals surface area contributed by atoms with Gasteiger partial charge in [-0.3, -0.25) is 4.79 Å². The summed E-state index contributed by atoms with van der Waals surface area (Å²) >= 11 is 5.86. The van der Waals surface area contributed by atoms with Crippen LogP contribution < -0.4 is 11.1 Å². The average molecular weight is 271 g/mol. The summed E-state index contributed by atoms with van der Waals surface area (Å²) < 4.78 is 5.00. The smallest absolute Gasteiger partial charge is 0.339 e. The highest BCUT2D eigenvalue weighted by Crippen LogP contribution is 2.19. The molecule has 0 heterocycles. The zero-order valence-electron chi connectivity index (χ0n) is 10.0. The highest BCUT2D eigenvalue weighted by atomic mass is 35.5. The Hall–Kier alpha value is -1.75. The Labute approximate surface area is 110 Å². The summed E-state index contributed by atoms with van der Waals surface area (Å²) in [6, 6.07) is 4.60. The minimum atomic E-state index is -0.538. The third kappa shape index (κ3) is 4.25. The van der Waals surface area contributed by atoms with Crippen LogP contribution >= 0.6 is 11.6 Å². The maximum Gasteiger partial charge on any atom is 0.339 e. The van der Waals surface area contributed by atoms with E-state index < -0.39 is 5.97 Å². The lowest BCUT2D eigenvalue weighted by atomic mass is 10.2. The summed E-state index contributed by atoms with van der Waals surface area (Å²) in [5.41, 5.74) is 6.23. The molecule has 0 atom stereocenters. The molecule has 0 unspecified atom stereocenters. The van der Waals surface area contributed by atoms with Crippen LogP contribution in [0.5, 0.6) is 0 Å². The Morgan fingerprint density at radius 3 is 2.83 bits per heavy atom. The Kier molecular flexibility index (Phi) is 5.45. The second-order valence-electron chi connectivity index (χ2n) is 3.65. The monoisotopic (exact) mass is 270 g/mol. The number of rotatable bonds is 5. The average Bonchev–Trinajstić information content (AvgIpc) is 2.36. The number of hydrogen-bond acceptors (Lipinski definition) is 4. The predicted octanol–water partition coefficient (Wildman–Crippen LogP) is 1.61. The van der Waals surface area contributed by atoms with Crippen molar-refractivity contribution in [1.82, 2.24) is 5.32 Å². The minimum Gasteiger partial charge on any atom is -0.462 e. The second-order valence-corrected chi connectivity index (χ2v) is 4.06. The number of esters is 1. The van der Waals surface area contributed by atoms with Gasteiger partial charge in [0.05, 0.1) is 17.2 Å². The van der Waals surface area contributed by atoms with Crippen LogP contribution in [0.1, 0.15) is 23.2 Å². The van der Waals surface area contributed by atoms with Crippen molar-refractivity contribution in [1.29, 1.82) is 0 Å². The molecular weight excluding hydrogens is 256 g/mol. The van der Waals surface area contributed by atoms with Crippen LogP contribution in [0.15, 0.2) is 18.2 Å². The van der Waals surface area contributed by atoms with Gasteiger partial charge in [0.25, 0.3) is 0 Å². The quantitative estimate of drug-likeness (QED) is 0.484. The van der Waals surface area contributed by atoms with Gasteiger partial charge < -0.3 is 15.8 Å². The molecule has 3 N–H and O–H groups in total. The van der Waals surface area contributed by atoms with Crippen molar-refractivity contribution in [3.05, 3.63) is 28.8 Å². The number of carbonyl (C=O) groups excluding carboxylic acids is 2. The fourth-order valence-corrected chi connectivity index (χ4v) is 1.49. The largest absolute Gasteiger partial charge is 0.462 e. The number of benzene rings is 1. The molecule has 5 nitrogen and oxygen atoms in total. The SMILES string of the molecule is CNC(=O)CCCOC(=O)c1cc(N)ccc1Cl. The van der Waals surface area contributed by atoms with Crippen molar-refractivity contribution in [2.24, 2.45) is 0 Å². The predicted molar refractivity (Wildman–Crippen MR) is 69.4 cm³/mol. The molecule has 0 aliphatic carbocycles. The number of nitrogens with one attached hydrogen (secondary N) is 1. The zero-order valence-corrected chi connectivity index (χ0v) is 10.8. The van der Waals surface area contributed by atoms with Gasteiger partial charge in [0.2, 0.25) is 5.91 Å². The van der Waals surface area contributed by atoms with E-state index in [4.69, 9.17) is 22.1 Å². The number of carbonyl (C=O) groups is 2. The first kappa shape index (κ1) is 14.3. The van der Waals surface area contributed by atoms with E-state index in [9.17, 15) is 9.59 Å². The molecule has 0 fully saturated rings. The molecule has 0 aliphatic rings. The van der Waals surface area contributed by atoms with Crippen LogP contribution in [-0.4, -0.2) is 25.5 Å². The van der Waals surface area contributed by atoms with Gasteiger partial charge in [0.1, 0.15) is 0 Å². The molecular formula is C12H15ClN2O3. The van der Waals surface area contributed by atoms with Gasteiger partial charge in [-0.25, -0.2) is 4.79 Å². The standard InChI is InChI=1S/C12H15ClN2O3/c1-15-11(16)3-2-6-18-12(17)9-7-8(14)4-5-10(9)13/h4-5,7H,2-3,6,14H2,1H3,(H,15,16). The summed E-state index contributed by atoms with van der Waals surface area (Å²) in [6.07, 6.45) is 0.778. The van der Waals surface area contributed by atoms with Gasteiger partial charge in [-0.1, -0.05) is 11.6 Å². The molecule has 0 saturated heterocycles. The van der Waals surface area contributed by atoms with E-state index in [1.54, 1.807) is 13.1 Å². The Bertz CT molecular complexity index is 449. The van der Waals surface area contributed by atoms with E-state index in [0.29, 0.717) is 23.6 Å². The molecule has 1 rings (SSSR count). The summed E-state index contributed by atoms with van der Waals surface area (Å²) in [5.74, 6) is -0.628. The fourth-order valence-electron chi connectivity index (χ4n) is 1.30. The Morgan fingerprint density at radius 2 is 2.17 bits per heavy atom. The van der Waals surface area contributed by atoms with E-state index in [-0.39, 0.29) is 18.1 Å². The third-order valence-electron chi connectivity index (χ3n) is 2.27. The van der Waals surface area contributed by atoms with E-state index in [0.717, 1.165) is 0 Å². The van der Waals surface area contributed by atoms with Crippen molar-refractivity contribution in [3.63, 3.8) is 0 Å². The zero-order chi connectivity index (χ0) is 13.5. The molecule has 0 saturated carbocycles. The van der Waals surface area contributed by atoms with Crippen molar-refractivity contribution in [3.8, 4) is 0 Å². The molecule has 6 heteroatoms. The number of nitrogens with two attached hydrogens (primary N) is 1. The summed E-state index contributed by atoms with van der Waals surface area (Å²) in [4.78, 5) is 22.6. The minimum absolute atomic E-state index is 0.0898. The summed E-state index contributed by atoms with van der Waals surface area (Å²) in [7, 11) is 1.56. The molecule has 0 aromatic heterocycles. The van der Waals surface area contributed by atoms with Crippen molar-refractivity contribution in [2.45, 2.75) is 12.8 Å². The van der Waals surface area contributed by atoms with E-state index in [2.05, 4.69) is 5.32 Å². The van der Waals surface area contributed by atoms with Gasteiger partial charge >= 0.3 is 5.97 Å². The van der Waals surface area contributed by atoms with Crippen molar-refractivity contribution < 1.29 is 14.3 Å². The number of halogens is 1. The van der Waals surface area contributed by atoms with Crippen LogP contribution in [0.25, 0.3) is 0 Å². The lowest BCUT2D eigenvalue weighted by Gasteiger charge is -2.06. The highest BCUT2D eigenvalue weighted by Gasteiger charge is 2.12. The topological polar surface area (TPSA) is 81.4 Å². The third-order valence-corrected chi connectivity index (χ3v) is 2.60. The van der Waals surface area contributed by atoms with Gasteiger partial charge in [0.15, 0.2) is 0 Å². The normalized spacial score (nSPS) is 9.89. The van der Waals surface area contributed by atoms with Crippen LogP contribution in [0.3, 0.4) is 0 Å². The molecule has 0 bridgehead atoms. The van der Waals surface area contributed by atoms with Gasteiger partial charge in [-0.15, -0.1) is 0 Å². The molecule has 0 radical (unpaired) electrons. The number of amides is 1. The number of ether oxygens (including phenoxy) is 1. The first-order chi connectivity index (χ1) is 8.54. The molecule has 1 amide bonds. The van der Waals surface area contributed by atoms with Gasteiger partial charge in [0, 0.05) is 19.2 Å². The first-order valence-electron chi connectivity index (χ1n) is 5.47. The number of anilines is 1. The summed E-state index contributed by atoms with van der Waals surface area (Å²) in [6.45, 7) is 0.164. The molecule has 98 valence electrons. The van der Waals surface area contributed by atoms with Crippen molar-refractivity contribution in [2.75, 3.05) is 19.4 Å². The van der Waals surface area contributed by atoms with Crippen LogP contribution in [-0.2, 0) is 9.53 Å². The Morgan fingerprint density at radius 1 is 1.44 bits per heavy atom. The van der Waals surface area contributed by atoms with E-state index >= 15 is 0 Å². The van der Waals surface area contributed by atoms with E-state index in [1.807, 2.05) is 0 Å². The molecule has 1 aromatic carbocycles. The number of hydrogen-bond donors (Lipinski definition) is 2. The van der Waals surface area contributed by atoms with Crippen molar-refractivity contribution >= 4 is 29.2 Å². The van der Waals surface area contributed by atoms with Crippen LogP contribution in [0.2, 0.25) is 5.02 Å². The lowest BCUT2D eigenvalue weighted by molar-refractivity contribution is -0.120. The van der Waals surface area contributed by atoms with E-state index in [1.165, 1.54) is 12.1 Å².